The Balaban J connectivity index is 0.000000171. The van der Waals surface area contributed by atoms with Crippen LogP contribution in [0.5, 0.6) is 17.2 Å². The Morgan fingerprint density at radius 3 is 0.979 bits per heavy atom. The van der Waals surface area contributed by atoms with Gasteiger partial charge in [-0.25, -0.2) is 14.4 Å². The molecule has 3 atom stereocenters. The molecular formula is C74H79N3O15S2. The number of nitrogens with zero attached hydrogens (tertiary/aromatic N) is 3. The average Bonchev–Trinajstić information content (AvgIpc) is 1.56. The Bertz CT molecular complexity index is 4100. The summed E-state index contributed by atoms with van der Waals surface area (Å²) >= 11 is 0. The lowest BCUT2D eigenvalue weighted by Gasteiger charge is -2.47. The molecular weight excluding hydrogens is 1230 g/mol. The number of carbonyl (C=O) groups excluding carboxylic acids is 3. The maximum Gasteiger partial charge on any atom is 0.425 e. The zero-order chi connectivity index (χ0) is 68.7. The van der Waals surface area contributed by atoms with Crippen LogP contribution in [0.4, 0.5) is 17.1 Å². The van der Waals surface area contributed by atoms with Gasteiger partial charge in [0.25, 0.3) is 0 Å². The minimum absolute atomic E-state index is 0.260. The van der Waals surface area contributed by atoms with Gasteiger partial charge in [0.1, 0.15) is 37.1 Å². The molecule has 6 heterocycles. The van der Waals surface area contributed by atoms with E-state index in [1.165, 1.54) is 27.8 Å². The van der Waals surface area contributed by atoms with Crippen molar-refractivity contribution in [3.63, 3.8) is 0 Å². The number of fused-ring (bicyclic) bond motifs is 6. The number of carbonyl (C=O) groups is 3. The first kappa shape index (κ1) is 70.1. The highest BCUT2D eigenvalue weighted by atomic mass is 32.2. The van der Waals surface area contributed by atoms with Crippen LogP contribution >= 0.6 is 0 Å². The Morgan fingerprint density at radius 1 is 0.404 bits per heavy atom. The molecule has 18 nitrogen and oxygen atoms in total. The molecule has 492 valence electrons. The Hall–Kier alpha value is -9.79. The number of rotatable bonds is 12. The summed E-state index contributed by atoms with van der Waals surface area (Å²) in [5.41, 5.74) is 10.8. The molecule has 0 amide bonds. The summed E-state index contributed by atoms with van der Waals surface area (Å²) in [6, 6.07) is 45.5. The van der Waals surface area contributed by atoms with Crippen molar-refractivity contribution < 1.29 is 68.1 Å². The predicted octanol–water partition coefficient (Wildman–Crippen LogP) is 12.7. The van der Waals surface area contributed by atoms with Crippen LogP contribution < -0.4 is 28.9 Å². The van der Waals surface area contributed by atoms with Crippen LogP contribution in [0.2, 0.25) is 0 Å². The normalized spacial score (nSPS) is 19.6. The molecule has 0 saturated heterocycles. The zero-order valence-electron chi connectivity index (χ0n) is 54.8. The van der Waals surface area contributed by atoms with Crippen molar-refractivity contribution in [1.82, 2.24) is 0 Å². The van der Waals surface area contributed by atoms with Gasteiger partial charge in [-0.15, -0.1) is 25.3 Å². The predicted molar refractivity (Wildman–Crippen MR) is 363 cm³/mol. The molecule has 0 N–H and O–H groups in total. The van der Waals surface area contributed by atoms with Gasteiger partial charge in [-0.3, -0.25) is 0 Å². The van der Waals surface area contributed by atoms with Gasteiger partial charge < -0.3 is 43.1 Å². The molecule has 3 spiro atoms. The number of ether oxygens (including phenoxy) is 6. The van der Waals surface area contributed by atoms with Crippen LogP contribution in [-0.4, -0.2) is 99.8 Å². The number of para-hydroxylation sites is 4. The van der Waals surface area contributed by atoms with E-state index in [-0.39, 0.29) is 54.0 Å². The summed E-state index contributed by atoms with van der Waals surface area (Å²) in [6.07, 6.45) is 12.8. The van der Waals surface area contributed by atoms with Crippen LogP contribution in [0.3, 0.4) is 0 Å². The van der Waals surface area contributed by atoms with E-state index in [0.29, 0.717) is 36.4 Å². The van der Waals surface area contributed by atoms with E-state index in [9.17, 15) is 14.4 Å². The number of anilines is 3. The number of benzene rings is 6. The third-order valence-electron chi connectivity index (χ3n) is 17.7. The van der Waals surface area contributed by atoms with Crippen molar-refractivity contribution in [2.75, 3.05) is 54.2 Å². The minimum atomic E-state index is -3.11. The lowest BCUT2D eigenvalue weighted by atomic mass is 9.76. The van der Waals surface area contributed by atoms with Crippen molar-refractivity contribution in [3.8, 4) is 17.2 Å². The molecule has 0 aliphatic carbocycles. The van der Waals surface area contributed by atoms with Crippen molar-refractivity contribution >= 4 is 74.4 Å². The highest BCUT2D eigenvalue weighted by Crippen LogP contribution is 2.58. The Labute approximate surface area is 553 Å². The molecule has 6 aromatic rings. The Morgan fingerprint density at radius 2 is 0.670 bits per heavy atom. The van der Waals surface area contributed by atoms with E-state index in [2.05, 4.69) is 205 Å². The second kappa shape index (κ2) is 28.2. The van der Waals surface area contributed by atoms with Gasteiger partial charge in [0.15, 0.2) is 0 Å². The zero-order valence-corrected chi connectivity index (χ0v) is 56.4. The van der Waals surface area contributed by atoms with Gasteiger partial charge in [0.2, 0.25) is 17.2 Å². The van der Waals surface area contributed by atoms with Crippen LogP contribution in [0.1, 0.15) is 107 Å². The lowest BCUT2D eigenvalue weighted by molar-refractivity contribution is -0.139. The van der Waals surface area contributed by atoms with Crippen molar-refractivity contribution in [2.24, 2.45) is 0 Å². The molecule has 94 heavy (non-hydrogen) atoms. The number of aryl methyl sites for hydroxylation is 2. The summed E-state index contributed by atoms with van der Waals surface area (Å²) < 4.78 is 87.0. The molecule has 0 aromatic heterocycles. The van der Waals surface area contributed by atoms with Crippen LogP contribution in [0.15, 0.2) is 188 Å². The average molecular weight is 1310 g/mol. The lowest BCUT2D eigenvalue weighted by Crippen LogP contribution is -2.60. The number of esters is 3. The fourth-order valence-corrected chi connectivity index (χ4v) is 12.9. The molecule has 0 bridgehead atoms. The molecule has 20 heteroatoms. The van der Waals surface area contributed by atoms with Crippen molar-refractivity contribution in [3.05, 3.63) is 233 Å². The van der Waals surface area contributed by atoms with Crippen LogP contribution in [-0.2, 0) is 66.1 Å². The largest absolute Gasteiger partial charge is 0.463 e. The first-order valence-electron chi connectivity index (χ1n) is 30.4. The third-order valence-corrected chi connectivity index (χ3v) is 17.7. The van der Waals surface area contributed by atoms with E-state index < -0.39 is 38.4 Å². The monoisotopic (exact) mass is 1310 g/mol. The first-order valence-corrected chi connectivity index (χ1v) is 32.4. The second-order valence-corrected chi connectivity index (χ2v) is 25.9. The third kappa shape index (κ3) is 13.8. The van der Waals surface area contributed by atoms with Crippen molar-refractivity contribution in [1.29, 1.82) is 0 Å². The van der Waals surface area contributed by atoms with Crippen LogP contribution in [0.25, 0.3) is 18.2 Å². The van der Waals surface area contributed by atoms with Crippen LogP contribution in [0, 0.1) is 13.8 Å². The maximum absolute atomic E-state index is 11.9. The molecule has 0 unspecified atom stereocenters. The fraction of sp³-hybridized carbons (Fsp3) is 0.311. The molecule has 0 radical (unpaired) electrons. The van der Waals surface area contributed by atoms with E-state index in [1.807, 2.05) is 54.6 Å². The molecule has 6 aliphatic rings. The molecule has 0 saturated carbocycles. The van der Waals surface area contributed by atoms with Gasteiger partial charge in [-0.1, -0.05) is 116 Å². The minimum Gasteiger partial charge on any atom is -0.463 e. The highest BCUT2D eigenvalue weighted by Gasteiger charge is 2.61. The molecule has 6 aromatic carbocycles. The quantitative estimate of drug-likeness (QED) is 0.0632. The number of hydrogen-bond donors (Lipinski definition) is 0. The topological polar surface area (TPSA) is 219 Å². The molecule has 12 rings (SSSR count). The van der Waals surface area contributed by atoms with Crippen molar-refractivity contribution in [2.45, 2.75) is 110 Å². The Kier molecular flexibility index (Phi) is 21.0. The number of hydrogen-bond acceptors (Lipinski definition) is 18. The van der Waals surface area contributed by atoms with Gasteiger partial charge in [0, 0.05) is 50.5 Å². The highest BCUT2D eigenvalue weighted by molar-refractivity contribution is 7.59. The van der Waals surface area contributed by atoms with E-state index in [0.717, 1.165) is 51.0 Å². The smallest absolute Gasteiger partial charge is 0.425 e. The fourth-order valence-electron chi connectivity index (χ4n) is 12.9. The van der Waals surface area contributed by atoms with Gasteiger partial charge in [0.05, 0.1) is 35.9 Å². The summed E-state index contributed by atoms with van der Waals surface area (Å²) in [4.78, 5) is 42.2. The molecule has 6 aliphatic heterocycles. The van der Waals surface area contributed by atoms with E-state index >= 15 is 0 Å². The van der Waals surface area contributed by atoms with Gasteiger partial charge in [-0.05, 0) is 178 Å². The summed E-state index contributed by atoms with van der Waals surface area (Å²) in [5.74, 6) is 1.48. The SMILES string of the molecule is C=C(C)C(=O)OCCN1c2ccccc2C(C)(C)[C@]12C=Cc1cc(C)ccc1O2.C=C(C)C(=O)OCCN1c2ccccc2C(C)(C)[C@]12C=Cc1cc(C)ccc1O2.C=C(C)C(=O)OCCN1c2ccccc2C(C)(C)[C@]12C=Cc1ccccc1O2.O=S(=O)=O.O=S(=O)=O. The second-order valence-electron chi connectivity index (χ2n) is 25.1. The maximum atomic E-state index is 11.9. The summed E-state index contributed by atoms with van der Waals surface area (Å²) in [5, 5.41) is 0. The summed E-state index contributed by atoms with van der Waals surface area (Å²) in [6.45, 7) is 35.6. The first-order chi connectivity index (χ1) is 44.3. The van der Waals surface area contributed by atoms with E-state index in [4.69, 9.17) is 53.7 Å². The molecule has 0 fully saturated rings. The van der Waals surface area contributed by atoms with E-state index in [1.54, 1.807) is 20.8 Å². The van der Waals surface area contributed by atoms with Gasteiger partial charge >= 0.3 is 39.1 Å². The van der Waals surface area contributed by atoms with Gasteiger partial charge in [-0.2, -0.15) is 0 Å². The summed E-state index contributed by atoms with van der Waals surface area (Å²) in [7, 11) is -6.22. The standard InChI is InChI=1S/2C25H27NO3.C24H25NO3.2O3S/c2*1-17(2)23(27)28-15-14-26-21-9-7-6-8-20(21)24(4,5)25(26)13-12-19-16-18(3)10-11-22(19)29-25;1-17(2)22(26)27-16-15-25-20-11-7-6-10-19(20)23(3,4)24(25)14-13-18-9-5-8-12-21(18)28-24;2*1-4(2)3/h2*6-13,16H,1,14-15H2,2-5H3;5-14H,1,15-16H2,2-4H3;;/t2*25-;24-;;/m111../s1.